The van der Waals surface area contributed by atoms with Crippen LogP contribution >= 0.6 is 0 Å². The van der Waals surface area contributed by atoms with Gasteiger partial charge < -0.3 is 30.8 Å². The number of nitrogens with zero attached hydrogens (tertiary/aromatic N) is 18. The predicted octanol–water partition coefficient (Wildman–Crippen LogP) is 10.4. The summed E-state index contributed by atoms with van der Waals surface area (Å²) < 4.78 is 21.8. The molecular weight excluding hydrogens is 1100 g/mol. The standard InChI is InChI=1S/3C21H23N7O/c3*1-13(2)21(3,19-26-18(29-27-19)16-11-25-28(4)12-16)17-7-5-14(6-8-17)15-9-23-20(22)24-10-15/h3*5-13H,1-4H3,(H2,22,23,24)/t2*21-;/m10./s1. The molecule has 87 heavy (non-hydrogen) atoms. The van der Waals surface area contributed by atoms with Crippen LogP contribution in [0.5, 0.6) is 0 Å². The molecule has 24 heteroatoms. The molecule has 12 rings (SSSR count). The Morgan fingerprint density at radius 3 is 0.759 bits per heavy atom. The molecule has 0 bridgehead atoms. The van der Waals surface area contributed by atoms with Gasteiger partial charge in [-0.05, 0) is 71.9 Å². The first kappa shape index (κ1) is 59.5. The highest BCUT2D eigenvalue weighted by Crippen LogP contribution is 2.42. The van der Waals surface area contributed by atoms with Gasteiger partial charge in [0.1, 0.15) is 0 Å². The first-order valence-corrected chi connectivity index (χ1v) is 28.2. The van der Waals surface area contributed by atoms with E-state index in [-0.39, 0.29) is 35.6 Å². The minimum absolute atomic E-state index is 0.243. The average molecular weight is 1170 g/mol. The van der Waals surface area contributed by atoms with E-state index < -0.39 is 16.2 Å². The molecule has 6 N–H and O–H groups in total. The highest BCUT2D eigenvalue weighted by Gasteiger charge is 2.40. The highest BCUT2D eigenvalue weighted by atomic mass is 16.5. The summed E-state index contributed by atoms with van der Waals surface area (Å²) in [5, 5.41) is 25.4. The van der Waals surface area contributed by atoms with E-state index in [9.17, 15) is 0 Å². The van der Waals surface area contributed by atoms with Crippen LogP contribution in [0.3, 0.4) is 0 Å². The molecule has 3 atom stereocenters. The van der Waals surface area contributed by atoms with Gasteiger partial charge in [0.25, 0.3) is 17.7 Å². The van der Waals surface area contributed by atoms with E-state index in [2.05, 4.69) is 174 Å². The molecular formula is C63H69N21O3. The first-order valence-electron chi connectivity index (χ1n) is 28.2. The van der Waals surface area contributed by atoms with Crippen molar-refractivity contribution >= 4 is 17.8 Å². The SMILES string of the molecule is CC(C)C(C)(c1ccc(-c2cnc(N)nc2)cc1)c1noc(-c2cnn(C)c2)n1.CC(C)[C@@](C)(c1ccc(-c2cnc(N)nc2)cc1)c1noc(-c2cnn(C)c2)n1.CC(C)[C@](C)(c1ccc(-c2cnc(N)nc2)cc1)c1noc(-c2cnn(C)c2)n1. The Balaban J connectivity index is 0.000000144. The molecule has 9 aromatic heterocycles. The maximum Gasteiger partial charge on any atom is 0.261 e. The molecule has 1 unspecified atom stereocenters. The van der Waals surface area contributed by atoms with Gasteiger partial charge in [0.05, 0.1) is 51.5 Å². The quantitative estimate of drug-likeness (QED) is 0.0858. The van der Waals surface area contributed by atoms with Gasteiger partial charge in [-0.25, -0.2) is 29.9 Å². The van der Waals surface area contributed by atoms with E-state index in [1.54, 1.807) is 69.8 Å². The van der Waals surface area contributed by atoms with Crippen LogP contribution < -0.4 is 17.2 Å². The van der Waals surface area contributed by atoms with Gasteiger partial charge in [-0.2, -0.15) is 30.2 Å². The molecule has 0 saturated carbocycles. The van der Waals surface area contributed by atoms with Crippen LogP contribution in [0.2, 0.25) is 0 Å². The predicted molar refractivity (Wildman–Crippen MR) is 329 cm³/mol. The molecule has 0 spiro atoms. The Bertz CT molecular complexity index is 3770. The third kappa shape index (κ3) is 12.3. The number of rotatable bonds is 15. The smallest absolute Gasteiger partial charge is 0.261 e. The lowest BCUT2D eigenvalue weighted by Crippen LogP contribution is -2.31. The molecule has 0 aliphatic heterocycles. The Hall–Kier alpha value is -10.7. The van der Waals surface area contributed by atoms with Crippen molar-refractivity contribution in [2.24, 2.45) is 38.9 Å². The molecule has 12 aromatic rings. The summed E-state index contributed by atoms with van der Waals surface area (Å²) in [5.74, 6) is 4.87. The first-order chi connectivity index (χ1) is 41.6. The normalized spacial score (nSPS) is 13.6. The van der Waals surface area contributed by atoms with Crippen molar-refractivity contribution < 1.29 is 13.6 Å². The second kappa shape index (κ2) is 24.5. The number of nitrogen functional groups attached to an aromatic ring is 3. The van der Waals surface area contributed by atoms with Crippen molar-refractivity contribution in [1.82, 2.24) is 89.7 Å². The summed E-state index contributed by atoms with van der Waals surface area (Å²) in [7, 11) is 5.56. The van der Waals surface area contributed by atoms with Gasteiger partial charge >= 0.3 is 0 Å². The van der Waals surface area contributed by atoms with Crippen molar-refractivity contribution in [2.45, 2.75) is 78.6 Å². The zero-order valence-corrected chi connectivity index (χ0v) is 50.6. The van der Waals surface area contributed by atoms with Crippen LogP contribution in [0, 0.1) is 17.8 Å². The Labute approximate surface area is 502 Å². The molecule has 0 aliphatic rings. The number of hydrogen-bond acceptors (Lipinski definition) is 21. The minimum atomic E-state index is -0.417. The molecule has 0 amide bonds. The summed E-state index contributed by atoms with van der Waals surface area (Å²) >= 11 is 0. The lowest BCUT2D eigenvalue weighted by molar-refractivity contribution is 0.351. The van der Waals surface area contributed by atoms with Crippen LogP contribution in [-0.4, -0.2) is 89.7 Å². The number of benzene rings is 3. The topological polar surface area (TPSA) is 326 Å². The van der Waals surface area contributed by atoms with Crippen LogP contribution in [-0.2, 0) is 37.4 Å². The third-order valence-corrected chi connectivity index (χ3v) is 16.5. The highest BCUT2D eigenvalue weighted by molar-refractivity contribution is 5.65. The summed E-state index contributed by atoms with van der Waals surface area (Å²) in [6.45, 7) is 19.3. The van der Waals surface area contributed by atoms with Gasteiger partial charge in [0, 0.05) is 93.6 Å². The van der Waals surface area contributed by atoms with Gasteiger partial charge in [-0.1, -0.05) is 130 Å². The molecule has 24 nitrogen and oxygen atoms in total. The van der Waals surface area contributed by atoms with Crippen molar-refractivity contribution in [2.75, 3.05) is 17.2 Å². The van der Waals surface area contributed by atoms with Gasteiger partial charge in [-0.3, -0.25) is 14.0 Å². The molecule has 0 saturated heterocycles. The monoisotopic (exact) mass is 1170 g/mol. The minimum Gasteiger partial charge on any atom is -0.368 e. The number of hydrogen-bond donors (Lipinski definition) is 3. The van der Waals surface area contributed by atoms with Crippen LogP contribution in [0.25, 0.3) is 67.7 Å². The number of nitrogens with two attached hydrogens (primary N) is 3. The zero-order valence-electron chi connectivity index (χ0n) is 50.6. The fourth-order valence-corrected chi connectivity index (χ4v) is 9.90. The second-order valence-electron chi connectivity index (χ2n) is 22.8. The van der Waals surface area contributed by atoms with E-state index in [1.807, 2.05) is 76.1 Å². The summed E-state index contributed by atoms with van der Waals surface area (Å²) in [4.78, 5) is 38.4. The van der Waals surface area contributed by atoms with Gasteiger partial charge in [0.15, 0.2) is 17.5 Å². The summed E-state index contributed by atoms with van der Waals surface area (Å²) in [5.41, 5.74) is 27.0. The molecule has 0 aliphatic carbocycles. The fourth-order valence-electron chi connectivity index (χ4n) is 9.90. The Morgan fingerprint density at radius 2 is 0.563 bits per heavy atom. The third-order valence-electron chi connectivity index (χ3n) is 16.5. The zero-order chi connectivity index (χ0) is 61.8. The van der Waals surface area contributed by atoms with E-state index >= 15 is 0 Å². The molecule has 444 valence electrons. The lowest BCUT2D eigenvalue weighted by Gasteiger charge is -2.31. The largest absolute Gasteiger partial charge is 0.368 e. The number of anilines is 3. The fraction of sp³-hybridized carbons (Fsp3) is 0.286. The van der Waals surface area contributed by atoms with Gasteiger partial charge in [-0.15, -0.1) is 0 Å². The van der Waals surface area contributed by atoms with Crippen molar-refractivity contribution in [3.05, 3.63) is 181 Å². The van der Waals surface area contributed by atoms with Crippen molar-refractivity contribution in [3.63, 3.8) is 0 Å². The maximum atomic E-state index is 5.58. The lowest BCUT2D eigenvalue weighted by atomic mass is 9.72. The van der Waals surface area contributed by atoms with Crippen LogP contribution in [0.15, 0.2) is 161 Å². The summed E-state index contributed by atoms with van der Waals surface area (Å²) in [6, 6.07) is 24.8. The average Bonchev–Trinajstić information content (AvgIpc) is 2.53. The Morgan fingerprint density at radius 1 is 0.333 bits per heavy atom. The van der Waals surface area contributed by atoms with Crippen molar-refractivity contribution in [1.29, 1.82) is 0 Å². The molecule has 0 fully saturated rings. The number of aryl methyl sites for hydroxylation is 3. The molecule has 0 radical (unpaired) electrons. The van der Waals surface area contributed by atoms with E-state index in [1.165, 1.54) is 0 Å². The molecule has 3 aromatic carbocycles. The van der Waals surface area contributed by atoms with Crippen LogP contribution in [0.4, 0.5) is 17.8 Å². The van der Waals surface area contributed by atoms with E-state index in [0.717, 1.165) is 66.8 Å². The van der Waals surface area contributed by atoms with Gasteiger partial charge in [0.2, 0.25) is 17.8 Å². The Kier molecular flexibility index (Phi) is 16.8. The summed E-state index contributed by atoms with van der Waals surface area (Å²) in [6.07, 6.45) is 21.0. The van der Waals surface area contributed by atoms with E-state index in [4.69, 9.17) is 30.8 Å². The second-order valence-corrected chi connectivity index (χ2v) is 22.8. The van der Waals surface area contributed by atoms with Crippen LogP contribution in [0.1, 0.15) is 96.5 Å². The molecule has 9 heterocycles. The maximum absolute atomic E-state index is 5.58. The van der Waals surface area contributed by atoms with E-state index in [0.29, 0.717) is 35.1 Å². The van der Waals surface area contributed by atoms with Crippen molar-refractivity contribution in [3.8, 4) is 67.7 Å². The number of aromatic nitrogens is 18.